The van der Waals surface area contributed by atoms with Crippen LogP contribution in [0.2, 0.25) is 5.02 Å². The first-order chi connectivity index (χ1) is 9.04. The van der Waals surface area contributed by atoms with Crippen molar-refractivity contribution < 1.29 is 4.79 Å². The molecule has 1 aromatic carbocycles. The van der Waals surface area contributed by atoms with Crippen LogP contribution in [0.15, 0.2) is 24.3 Å². The van der Waals surface area contributed by atoms with Crippen molar-refractivity contribution >= 4 is 23.1 Å². The highest BCUT2D eigenvalue weighted by Gasteiger charge is 2.18. The minimum absolute atomic E-state index is 0.0467. The quantitative estimate of drug-likeness (QED) is 0.690. The van der Waals surface area contributed by atoms with Crippen LogP contribution in [0, 0.1) is 6.92 Å². The van der Waals surface area contributed by atoms with E-state index in [0.717, 1.165) is 11.4 Å². The third kappa shape index (κ3) is 2.63. The Morgan fingerprint density at radius 3 is 2.74 bits per heavy atom. The number of rotatable bonds is 4. The molecule has 0 aliphatic carbocycles. The van der Waals surface area contributed by atoms with Gasteiger partial charge in [-0.3, -0.25) is 9.48 Å². The van der Waals surface area contributed by atoms with E-state index in [9.17, 15) is 4.79 Å². The lowest BCUT2D eigenvalue weighted by Gasteiger charge is -2.06. The normalized spacial score (nSPS) is 10.7. The molecule has 0 unspecified atom stereocenters. The second kappa shape index (κ2) is 5.45. The highest BCUT2D eigenvalue weighted by molar-refractivity contribution is 6.32. The number of Topliss-reactive ketones (excluding diaryl/α,β-unsaturated/α-hetero) is 1. The van der Waals surface area contributed by atoms with Gasteiger partial charge in [0.1, 0.15) is 0 Å². The monoisotopic (exact) mass is 277 g/mol. The molecule has 2 aromatic rings. The molecule has 0 amide bonds. The largest absolute Gasteiger partial charge is 0.398 e. The highest BCUT2D eigenvalue weighted by atomic mass is 35.5. The SMILES string of the molecule is CCn1nc(C)c(Cl)c1CC(=O)c1ccccc1N. The van der Waals surface area contributed by atoms with Gasteiger partial charge in [-0.15, -0.1) is 0 Å². The lowest BCUT2D eigenvalue weighted by molar-refractivity contribution is 0.0991. The number of nitrogens with zero attached hydrogens (tertiary/aromatic N) is 2. The molecule has 1 heterocycles. The number of anilines is 1. The van der Waals surface area contributed by atoms with E-state index in [4.69, 9.17) is 17.3 Å². The molecular formula is C14H16ClN3O. The Hall–Kier alpha value is -1.81. The van der Waals surface area contributed by atoms with Crippen molar-refractivity contribution in [3.8, 4) is 0 Å². The lowest BCUT2D eigenvalue weighted by atomic mass is 10.0. The predicted molar refractivity (Wildman–Crippen MR) is 76.5 cm³/mol. The van der Waals surface area contributed by atoms with Crippen molar-refractivity contribution in [3.63, 3.8) is 0 Å². The zero-order chi connectivity index (χ0) is 14.0. The number of carbonyl (C=O) groups excluding carboxylic acids is 1. The summed E-state index contributed by atoms with van der Waals surface area (Å²) in [4.78, 5) is 12.3. The van der Waals surface area contributed by atoms with E-state index in [1.54, 1.807) is 28.9 Å². The Labute approximate surface area is 117 Å². The Bertz CT molecular complexity index is 619. The first-order valence-corrected chi connectivity index (χ1v) is 6.51. The van der Waals surface area contributed by atoms with Gasteiger partial charge in [-0.05, 0) is 26.0 Å². The molecular weight excluding hydrogens is 262 g/mol. The fraction of sp³-hybridized carbons (Fsp3) is 0.286. The zero-order valence-electron chi connectivity index (χ0n) is 11.0. The summed E-state index contributed by atoms with van der Waals surface area (Å²) in [6.07, 6.45) is 0.210. The number of halogens is 1. The van der Waals surface area contributed by atoms with Gasteiger partial charge in [0.2, 0.25) is 0 Å². The fourth-order valence-corrected chi connectivity index (χ4v) is 2.24. The first kappa shape index (κ1) is 13.6. The number of hydrogen-bond donors (Lipinski definition) is 1. The average molecular weight is 278 g/mol. The molecule has 0 aliphatic heterocycles. The second-order valence-electron chi connectivity index (χ2n) is 4.35. The third-order valence-electron chi connectivity index (χ3n) is 3.04. The minimum atomic E-state index is -0.0467. The van der Waals surface area contributed by atoms with Crippen molar-refractivity contribution in [2.45, 2.75) is 26.8 Å². The molecule has 4 nitrogen and oxygen atoms in total. The summed E-state index contributed by atoms with van der Waals surface area (Å²) in [5.41, 5.74) is 8.32. The number of hydrogen-bond acceptors (Lipinski definition) is 3. The number of benzene rings is 1. The van der Waals surface area contributed by atoms with E-state index in [1.165, 1.54) is 0 Å². The summed E-state index contributed by atoms with van der Waals surface area (Å²) in [5.74, 6) is -0.0467. The van der Waals surface area contributed by atoms with Gasteiger partial charge in [0.25, 0.3) is 0 Å². The standard InChI is InChI=1S/C14H16ClN3O/c1-3-18-12(14(15)9(2)17-18)8-13(19)10-6-4-5-7-11(10)16/h4-7H,3,8,16H2,1-2H3. The fourth-order valence-electron chi connectivity index (χ4n) is 2.04. The second-order valence-corrected chi connectivity index (χ2v) is 4.73. The van der Waals surface area contributed by atoms with Crippen molar-refractivity contribution in [1.29, 1.82) is 0 Å². The molecule has 2 rings (SSSR count). The van der Waals surface area contributed by atoms with Crippen molar-refractivity contribution in [2.24, 2.45) is 0 Å². The van der Waals surface area contributed by atoms with Crippen LogP contribution in [0.4, 0.5) is 5.69 Å². The zero-order valence-corrected chi connectivity index (χ0v) is 11.7. The predicted octanol–water partition coefficient (Wildman–Crippen LogP) is 2.87. The Balaban J connectivity index is 2.32. The summed E-state index contributed by atoms with van der Waals surface area (Å²) in [7, 11) is 0. The molecule has 0 atom stereocenters. The Morgan fingerprint density at radius 1 is 1.42 bits per heavy atom. The van der Waals surface area contributed by atoms with Gasteiger partial charge in [0, 0.05) is 17.8 Å². The number of carbonyl (C=O) groups is 1. The van der Waals surface area contributed by atoms with Gasteiger partial charge in [-0.25, -0.2) is 0 Å². The smallest absolute Gasteiger partial charge is 0.170 e. The molecule has 0 saturated carbocycles. The van der Waals surface area contributed by atoms with Gasteiger partial charge in [0.15, 0.2) is 5.78 Å². The number of nitrogen functional groups attached to an aromatic ring is 1. The van der Waals surface area contributed by atoms with Gasteiger partial charge in [-0.2, -0.15) is 5.10 Å². The maximum absolute atomic E-state index is 12.3. The van der Waals surface area contributed by atoms with Crippen LogP contribution in [0.1, 0.15) is 28.7 Å². The number of aromatic nitrogens is 2. The van der Waals surface area contributed by atoms with E-state index in [0.29, 0.717) is 22.8 Å². The van der Waals surface area contributed by atoms with E-state index in [-0.39, 0.29) is 12.2 Å². The van der Waals surface area contributed by atoms with Crippen LogP contribution in [0.3, 0.4) is 0 Å². The van der Waals surface area contributed by atoms with Crippen LogP contribution in [0.5, 0.6) is 0 Å². The van der Waals surface area contributed by atoms with Crippen LogP contribution in [-0.2, 0) is 13.0 Å². The van der Waals surface area contributed by atoms with E-state index in [2.05, 4.69) is 5.10 Å². The van der Waals surface area contributed by atoms with Crippen LogP contribution < -0.4 is 5.73 Å². The van der Waals surface area contributed by atoms with E-state index < -0.39 is 0 Å². The molecule has 0 aliphatic rings. The lowest BCUT2D eigenvalue weighted by Crippen LogP contribution is -2.11. The molecule has 0 radical (unpaired) electrons. The van der Waals surface area contributed by atoms with Crippen molar-refractivity contribution in [3.05, 3.63) is 46.2 Å². The maximum Gasteiger partial charge on any atom is 0.170 e. The number of ketones is 1. The van der Waals surface area contributed by atoms with E-state index in [1.807, 2.05) is 13.8 Å². The molecule has 0 saturated heterocycles. The van der Waals surface area contributed by atoms with Crippen LogP contribution in [0.25, 0.3) is 0 Å². The molecule has 5 heteroatoms. The molecule has 1 aromatic heterocycles. The van der Waals surface area contributed by atoms with Crippen LogP contribution in [-0.4, -0.2) is 15.6 Å². The number of aryl methyl sites for hydroxylation is 2. The minimum Gasteiger partial charge on any atom is -0.398 e. The van der Waals surface area contributed by atoms with Crippen LogP contribution >= 0.6 is 11.6 Å². The Kier molecular flexibility index (Phi) is 3.90. The van der Waals surface area contributed by atoms with E-state index >= 15 is 0 Å². The third-order valence-corrected chi connectivity index (χ3v) is 3.53. The Morgan fingerprint density at radius 2 is 2.11 bits per heavy atom. The first-order valence-electron chi connectivity index (χ1n) is 6.14. The summed E-state index contributed by atoms with van der Waals surface area (Å²) in [6.45, 7) is 4.48. The van der Waals surface area contributed by atoms with Gasteiger partial charge in [0.05, 0.1) is 22.8 Å². The number of nitrogens with two attached hydrogens (primary N) is 1. The molecule has 19 heavy (non-hydrogen) atoms. The number of para-hydroxylation sites is 1. The molecule has 0 bridgehead atoms. The highest BCUT2D eigenvalue weighted by Crippen LogP contribution is 2.23. The molecule has 0 fully saturated rings. The topological polar surface area (TPSA) is 60.9 Å². The van der Waals surface area contributed by atoms with Gasteiger partial charge in [-0.1, -0.05) is 23.7 Å². The van der Waals surface area contributed by atoms with Crippen molar-refractivity contribution in [1.82, 2.24) is 9.78 Å². The molecule has 2 N–H and O–H groups in total. The maximum atomic E-state index is 12.3. The summed E-state index contributed by atoms with van der Waals surface area (Å²) < 4.78 is 1.76. The van der Waals surface area contributed by atoms with Crippen molar-refractivity contribution in [2.75, 3.05) is 5.73 Å². The average Bonchev–Trinajstić information content (AvgIpc) is 2.67. The summed E-state index contributed by atoms with van der Waals surface area (Å²) >= 11 is 6.20. The summed E-state index contributed by atoms with van der Waals surface area (Å²) in [6, 6.07) is 7.05. The summed E-state index contributed by atoms with van der Waals surface area (Å²) in [5, 5.41) is 4.86. The molecule has 100 valence electrons. The molecule has 0 spiro atoms. The van der Waals surface area contributed by atoms with Gasteiger partial charge >= 0.3 is 0 Å². The van der Waals surface area contributed by atoms with Gasteiger partial charge < -0.3 is 5.73 Å².